The fourth-order valence-corrected chi connectivity index (χ4v) is 2.87. The van der Waals surface area contributed by atoms with Crippen LogP contribution in [0, 0.1) is 0 Å². The molecule has 2 aromatic heterocycles. The molecule has 2 N–H and O–H groups in total. The van der Waals surface area contributed by atoms with Crippen molar-refractivity contribution >= 4 is 28.5 Å². The van der Waals surface area contributed by atoms with E-state index in [9.17, 15) is 9.59 Å². The number of hydrogen-bond donors (Lipinski definition) is 2. The summed E-state index contributed by atoms with van der Waals surface area (Å²) in [6.45, 7) is 0.410. The zero-order chi connectivity index (χ0) is 19.6. The second-order valence-electron chi connectivity index (χ2n) is 5.68. The molecule has 0 radical (unpaired) electrons. The van der Waals surface area contributed by atoms with Gasteiger partial charge in [-0.25, -0.2) is 15.3 Å². The molecule has 0 aliphatic carbocycles. The number of carbonyl (C=O) groups excluding carboxylic acids is 2. The molecule has 2 amide bonds. The van der Waals surface area contributed by atoms with E-state index in [0.29, 0.717) is 10.8 Å². The first kappa shape index (κ1) is 19.5. The lowest BCUT2D eigenvalue weighted by Crippen LogP contribution is -2.25. The van der Waals surface area contributed by atoms with Gasteiger partial charge in [-0.15, -0.1) is 11.3 Å². The molecule has 3 rings (SSSR count). The molecule has 28 heavy (non-hydrogen) atoms. The minimum Gasteiger partial charge on any atom is -0.444 e. The zero-order valence-corrected chi connectivity index (χ0v) is 15.6. The van der Waals surface area contributed by atoms with Gasteiger partial charge in [0.25, 0.3) is 0 Å². The smallest absolute Gasteiger partial charge is 0.413 e. The Bertz CT molecular complexity index is 903. The molecule has 0 saturated carbocycles. The molecule has 0 atom stereocenters. The Morgan fingerprint density at radius 2 is 1.75 bits per heavy atom. The normalized spacial score (nSPS) is 10.3. The first-order valence-corrected chi connectivity index (χ1v) is 9.28. The van der Waals surface area contributed by atoms with E-state index in [0.717, 1.165) is 11.1 Å². The van der Waals surface area contributed by atoms with Crippen LogP contribution in [0.2, 0.25) is 0 Å². The van der Waals surface area contributed by atoms with E-state index < -0.39 is 6.09 Å². The summed E-state index contributed by atoms with van der Waals surface area (Å²) < 4.78 is 5.11. The average Bonchev–Trinajstić information content (AvgIpc) is 3.14. The van der Waals surface area contributed by atoms with E-state index in [2.05, 4.69) is 20.8 Å². The Labute approximate surface area is 165 Å². The summed E-state index contributed by atoms with van der Waals surface area (Å²) in [6.07, 6.45) is 2.67. The predicted molar refractivity (Wildman–Crippen MR) is 103 cm³/mol. The van der Waals surface area contributed by atoms with Crippen molar-refractivity contribution in [2.75, 3.05) is 5.32 Å². The van der Waals surface area contributed by atoms with Crippen molar-refractivity contribution in [1.82, 2.24) is 15.4 Å². The van der Waals surface area contributed by atoms with Gasteiger partial charge < -0.3 is 4.74 Å². The van der Waals surface area contributed by atoms with Crippen LogP contribution in [0.25, 0.3) is 0 Å². The maximum Gasteiger partial charge on any atom is 0.413 e. The number of rotatable bonds is 8. The maximum atomic E-state index is 11.9. The number of pyridine rings is 1. The van der Waals surface area contributed by atoms with Gasteiger partial charge in [-0.3, -0.25) is 19.9 Å². The van der Waals surface area contributed by atoms with Crippen LogP contribution in [0.5, 0.6) is 0 Å². The molecule has 3 aromatic rings. The van der Waals surface area contributed by atoms with Crippen molar-refractivity contribution in [3.8, 4) is 0 Å². The molecule has 0 saturated heterocycles. The molecule has 9 heteroatoms. The fourth-order valence-electron chi connectivity index (χ4n) is 2.17. The Morgan fingerprint density at radius 1 is 1.00 bits per heavy atom. The molecule has 1 aromatic carbocycles. The molecule has 0 unspecified atom stereocenters. The van der Waals surface area contributed by atoms with Crippen LogP contribution in [0.3, 0.4) is 0 Å². The quantitative estimate of drug-likeness (QED) is 0.566. The van der Waals surface area contributed by atoms with Gasteiger partial charge in [-0.1, -0.05) is 30.3 Å². The summed E-state index contributed by atoms with van der Waals surface area (Å²) in [4.78, 5) is 37.0. The Morgan fingerprint density at radius 3 is 2.54 bits per heavy atom. The summed E-state index contributed by atoms with van der Waals surface area (Å²) in [7, 11) is 0. The number of benzene rings is 1. The largest absolute Gasteiger partial charge is 0.444 e. The highest BCUT2D eigenvalue weighted by molar-refractivity contribution is 7.13. The molecule has 0 aliphatic heterocycles. The number of thiazole rings is 1. The second kappa shape index (κ2) is 10.1. The second-order valence-corrected chi connectivity index (χ2v) is 6.53. The summed E-state index contributed by atoms with van der Waals surface area (Å²) in [6, 6.07) is 13.0. The van der Waals surface area contributed by atoms with E-state index >= 15 is 0 Å². The lowest BCUT2D eigenvalue weighted by molar-refractivity contribution is -0.133. The van der Waals surface area contributed by atoms with Gasteiger partial charge in [-0.2, -0.15) is 0 Å². The molecule has 0 aliphatic rings. The van der Waals surface area contributed by atoms with Gasteiger partial charge in [0.1, 0.15) is 6.61 Å². The van der Waals surface area contributed by atoms with Crippen LogP contribution in [-0.4, -0.2) is 22.0 Å². The lowest BCUT2D eigenvalue weighted by Gasteiger charge is -2.05. The van der Waals surface area contributed by atoms with Gasteiger partial charge >= 0.3 is 6.09 Å². The van der Waals surface area contributed by atoms with E-state index in [1.54, 1.807) is 29.9 Å². The third-order valence-corrected chi connectivity index (χ3v) is 4.30. The molecule has 0 fully saturated rings. The third kappa shape index (κ3) is 6.45. The fraction of sp³-hybridized carbons (Fsp3) is 0.158. The molecular formula is C19H18N4O4S. The molecule has 0 bridgehead atoms. The van der Waals surface area contributed by atoms with Crippen LogP contribution in [0.15, 0.2) is 60.2 Å². The summed E-state index contributed by atoms with van der Waals surface area (Å²) in [5.74, 6) is -0.326. The van der Waals surface area contributed by atoms with E-state index in [1.165, 1.54) is 11.3 Å². The number of hydroxylamine groups is 1. The van der Waals surface area contributed by atoms with Crippen molar-refractivity contribution in [2.24, 2.45) is 0 Å². The summed E-state index contributed by atoms with van der Waals surface area (Å²) >= 11 is 1.21. The number of aromatic nitrogens is 2. The zero-order valence-electron chi connectivity index (χ0n) is 14.8. The Kier molecular flexibility index (Phi) is 7.05. The predicted octanol–water partition coefficient (Wildman–Crippen LogP) is 3.08. The van der Waals surface area contributed by atoms with Gasteiger partial charge in [0, 0.05) is 17.8 Å². The Balaban J connectivity index is 1.38. The van der Waals surface area contributed by atoms with Crippen LogP contribution in [-0.2, 0) is 34.0 Å². The number of anilines is 1. The number of amides is 2. The van der Waals surface area contributed by atoms with Gasteiger partial charge in [0.15, 0.2) is 5.13 Å². The number of nitrogens with zero attached hydrogens (tertiary/aromatic N) is 2. The maximum absolute atomic E-state index is 11.9. The van der Waals surface area contributed by atoms with Gasteiger partial charge in [0.2, 0.25) is 5.91 Å². The lowest BCUT2D eigenvalue weighted by atomic mass is 10.2. The van der Waals surface area contributed by atoms with Crippen molar-refractivity contribution in [3.05, 3.63) is 77.1 Å². The molecule has 2 heterocycles. The van der Waals surface area contributed by atoms with Crippen molar-refractivity contribution in [3.63, 3.8) is 0 Å². The number of hydrogen-bond acceptors (Lipinski definition) is 7. The van der Waals surface area contributed by atoms with Gasteiger partial charge in [0.05, 0.1) is 18.7 Å². The first-order chi connectivity index (χ1) is 13.7. The van der Waals surface area contributed by atoms with Crippen molar-refractivity contribution < 1.29 is 19.2 Å². The molecule has 8 nitrogen and oxygen atoms in total. The standard InChI is InChI=1S/C19H18N4O4S/c24-17(23-27-12-14-4-2-1-3-5-14)10-16-13-28-18(21-16)22-19(25)26-11-15-6-8-20-9-7-15/h1-9,13H,10-12H2,(H,23,24)(H,21,22,25). The van der Waals surface area contributed by atoms with Crippen LogP contribution < -0.4 is 10.8 Å². The van der Waals surface area contributed by atoms with Crippen molar-refractivity contribution in [2.45, 2.75) is 19.6 Å². The molecule has 0 spiro atoms. The van der Waals surface area contributed by atoms with E-state index in [1.807, 2.05) is 30.3 Å². The van der Waals surface area contributed by atoms with Crippen LogP contribution in [0.4, 0.5) is 9.93 Å². The Hall–Kier alpha value is -3.30. The summed E-state index contributed by atoms with van der Waals surface area (Å²) in [5, 5.41) is 4.58. The number of carbonyl (C=O) groups is 2. The highest BCUT2D eigenvalue weighted by Crippen LogP contribution is 2.16. The summed E-state index contributed by atoms with van der Waals surface area (Å²) in [5.41, 5.74) is 4.68. The minimum absolute atomic E-state index is 0.0407. The monoisotopic (exact) mass is 398 g/mol. The molecular weight excluding hydrogens is 380 g/mol. The van der Waals surface area contributed by atoms with Crippen molar-refractivity contribution in [1.29, 1.82) is 0 Å². The first-order valence-electron chi connectivity index (χ1n) is 8.40. The highest BCUT2D eigenvalue weighted by Gasteiger charge is 2.11. The SMILES string of the molecule is O=C(Cc1csc(NC(=O)OCc2ccncc2)n1)NOCc1ccccc1. The van der Waals surface area contributed by atoms with Gasteiger partial charge in [-0.05, 0) is 23.3 Å². The van der Waals surface area contributed by atoms with Crippen LogP contribution in [0.1, 0.15) is 16.8 Å². The highest BCUT2D eigenvalue weighted by atomic mass is 32.1. The minimum atomic E-state index is -0.617. The number of ether oxygens (including phenoxy) is 1. The van der Waals surface area contributed by atoms with Crippen LogP contribution >= 0.6 is 11.3 Å². The number of nitrogens with one attached hydrogen (secondary N) is 2. The van der Waals surface area contributed by atoms with E-state index in [-0.39, 0.29) is 25.5 Å². The molecule has 144 valence electrons. The van der Waals surface area contributed by atoms with E-state index in [4.69, 9.17) is 9.57 Å². The average molecular weight is 398 g/mol. The topological polar surface area (TPSA) is 102 Å². The third-order valence-electron chi connectivity index (χ3n) is 3.49.